The predicted molar refractivity (Wildman–Crippen MR) is 54.2 cm³/mol. The first-order valence-electron chi connectivity index (χ1n) is 3.71. The van der Waals surface area contributed by atoms with Gasteiger partial charge in [0, 0.05) is 10.0 Å². The summed E-state index contributed by atoms with van der Waals surface area (Å²) in [5, 5.41) is 18.4. The Labute approximate surface area is 84.3 Å². The minimum Gasteiger partial charge on any atom is -0.505 e. The molecule has 5 heteroatoms. The molecule has 0 bridgehead atoms. The molecule has 0 saturated heterocycles. The number of hydrogen-bond acceptors (Lipinski definition) is 4. The second-order valence-corrected chi connectivity index (χ2v) is 3.54. The lowest BCUT2D eigenvalue weighted by Crippen LogP contribution is -2.15. The quantitative estimate of drug-likeness (QED) is 0.458. The first-order chi connectivity index (χ1) is 6.07. The van der Waals surface area contributed by atoms with Crippen LogP contribution < -0.4 is 11.5 Å². The lowest BCUT2D eigenvalue weighted by Gasteiger charge is -2.14. The zero-order valence-corrected chi connectivity index (χ0v) is 8.45. The third kappa shape index (κ3) is 1.93. The molecule has 0 radical (unpaired) electrons. The molecule has 0 spiro atoms. The lowest BCUT2D eigenvalue weighted by atomic mass is 10.1. The number of hydrogen-bond donors (Lipinski definition) is 4. The molecule has 1 atom stereocenters. The number of aliphatic hydroxyl groups excluding tert-OH is 1. The number of nitrogen functional groups attached to an aromatic ring is 1. The van der Waals surface area contributed by atoms with E-state index in [0.29, 0.717) is 10.0 Å². The number of halogens is 1. The Morgan fingerprint density at radius 3 is 2.62 bits per heavy atom. The molecule has 72 valence electrons. The van der Waals surface area contributed by atoms with E-state index in [1.54, 1.807) is 12.1 Å². The van der Waals surface area contributed by atoms with Crippen LogP contribution >= 0.6 is 15.9 Å². The standard InChI is InChI=1S/C8H11BrN2O2/c9-4-1-2-5(10)8(13)7(4)6(11)3-12/h1-2,6,12-13H,3,10-11H2/t6-/m0/s1. The van der Waals surface area contributed by atoms with E-state index in [4.69, 9.17) is 16.6 Å². The fourth-order valence-electron chi connectivity index (χ4n) is 1.04. The van der Waals surface area contributed by atoms with Crippen LogP contribution in [0.15, 0.2) is 16.6 Å². The van der Waals surface area contributed by atoms with Crippen LogP contribution in [0.5, 0.6) is 5.75 Å². The molecule has 13 heavy (non-hydrogen) atoms. The summed E-state index contributed by atoms with van der Waals surface area (Å²) in [4.78, 5) is 0. The van der Waals surface area contributed by atoms with E-state index < -0.39 is 6.04 Å². The van der Waals surface area contributed by atoms with Gasteiger partial charge < -0.3 is 21.7 Å². The highest BCUT2D eigenvalue weighted by Gasteiger charge is 2.15. The molecule has 6 N–H and O–H groups in total. The molecule has 0 saturated carbocycles. The Hall–Kier alpha value is -0.780. The van der Waals surface area contributed by atoms with Crippen molar-refractivity contribution in [3.05, 3.63) is 22.2 Å². The number of phenols is 1. The number of anilines is 1. The highest BCUT2D eigenvalue weighted by atomic mass is 79.9. The molecule has 1 rings (SSSR count). The summed E-state index contributed by atoms with van der Waals surface area (Å²) in [6, 6.07) is 2.62. The Balaban J connectivity index is 3.25. The molecule has 0 fully saturated rings. The van der Waals surface area contributed by atoms with Gasteiger partial charge in [0.25, 0.3) is 0 Å². The second kappa shape index (κ2) is 3.95. The van der Waals surface area contributed by atoms with Gasteiger partial charge in [0.1, 0.15) is 5.75 Å². The summed E-state index contributed by atoms with van der Waals surface area (Å²) in [6.07, 6.45) is 0. The Morgan fingerprint density at radius 1 is 1.46 bits per heavy atom. The second-order valence-electron chi connectivity index (χ2n) is 2.69. The summed E-state index contributed by atoms with van der Waals surface area (Å²) in [5.41, 5.74) is 11.7. The van der Waals surface area contributed by atoms with Crippen LogP contribution in [0.4, 0.5) is 5.69 Å². The number of aliphatic hydroxyl groups is 1. The first-order valence-corrected chi connectivity index (χ1v) is 4.50. The third-order valence-corrected chi connectivity index (χ3v) is 2.45. The third-order valence-electron chi connectivity index (χ3n) is 1.76. The summed E-state index contributed by atoms with van der Waals surface area (Å²) in [6.45, 7) is -0.240. The molecular formula is C8H11BrN2O2. The monoisotopic (exact) mass is 246 g/mol. The van der Waals surface area contributed by atoms with Crippen LogP contribution in [-0.2, 0) is 0 Å². The summed E-state index contributed by atoms with van der Waals surface area (Å²) in [5.74, 6) is -0.0732. The Kier molecular flexibility index (Phi) is 3.13. The topological polar surface area (TPSA) is 92.5 Å². The number of aromatic hydroxyl groups is 1. The fraction of sp³-hybridized carbons (Fsp3) is 0.250. The molecule has 0 aliphatic carbocycles. The van der Waals surface area contributed by atoms with Gasteiger partial charge in [0.2, 0.25) is 0 Å². The van der Waals surface area contributed by atoms with Crippen LogP contribution in [-0.4, -0.2) is 16.8 Å². The van der Waals surface area contributed by atoms with E-state index in [-0.39, 0.29) is 18.0 Å². The number of rotatable bonds is 2. The van der Waals surface area contributed by atoms with E-state index in [1.165, 1.54) is 0 Å². The molecule has 0 aliphatic rings. The fourth-order valence-corrected chi connectivity index (χ4v) is 1.66. The maximum Gasteiger partial charge on any atom is 0.144 e. The van der Waals surface area contributed by atoms with Crippen LogP contribution in [0.2, 0.25) is 0 Å². The minimum atomic E-state index is -0.627. The van der Waals surface area contributed by atoms with Crippen LogP contribution in [0, 0.1) is 0 Å². The SMILES string of the molecule is Nc1ccc(Br)c([C@@H](N)CO)c1O. The summed E-state index contributed by atoms with van der Waals surface area (Å²) < 4.78 is 0.640. The average Bonchev–Trinajstić information content (AvgIpc) is 2.12. The van der Waals surface area contributed by atoms with Crippen molar-refractivity contribution in [3.8, 4) is 5.75 Å². The smallest absolute Gasteiger partial charge is 0.144 e. The molecule has 0 unspecified atom stereocenters. The molecule has 1 aromatic carbocycles. The van der Waals surface area contributed by atoms with Crippen molar-refractivity contribution in [2.75, 3.05) is 12.3 Å². The number of benzene rings is 1. The van der Waals surface area contributed by atoms with Gasteiger partial charge in [0.05, 0.1) is 18.3 Å². The first kappa shape index (κ1) is 10.3. The molecule has 0 aliphatic heterocycles. The van der Waals surface area contributed by atoms with Gasteiger partial charge in [-0.3, -0.25) is 0 Å². The minimum absolute atomic E-state index is 0.0732. The number of phenolic OH excluding ortho intramolecular Hbond substituents is 1. The van der Waals surface area contributed by atoms with Crippen LogP contribution in [0.1, 0.15) is 11.6 Å². The van der Waals surface area contributed by atoms with E-state index in [2.05, 4.69) is 15.9 Å². The van der Waals surface area contributed by atoms with Gasteiger partial charge in [-0.1, -0.05) is 15.9 Å². The molecule has 0 amide bonds. The largest absolute Gasteiger partial charge is 0.505 e. The van der Waals surface area contributed by atoms with Gasteiger partial charge in [-0.05, 0) is 12.1 Å². The summed E-state index contributed by atoms with van der Waals surface area (Å²) in [7, 11) is 0. The van der Waals surface area contributed by atoms with Crippen molar-refractivity contribution in [2.24, 2.45) is 5.73 Å². The Morgan fingerprint density at radius 2 is 2.08 bits per heavy atom. The average molecular weight is 247 g/mol. The van der Waals surface area contributed by atoms with E-state index in [9.17, 15) is 5.11 Å². The van der Waals surface area contributed by atoms with Crippen molar-refractivity contribution >= 4 is 21.6 Å². The highest BCUT2D eigenvalue weighted by Crippen LogP contribution is 2.34. The molecular weight excluding hydrogens is 236 g/mol. The number of nitrogens with two attached hydrogens (primary N) is 2. The van der Waals surface area contributed by atoms with Crippen molar-refractivity contribution in [2.45, 2.75) is 6.04 Å². The van der Waals surface area contributed by atoms with Crippen molar-refractivity contribution in [1.82, 2.24) is 0 Å². The maximum atomic E-state index is 9.53. The van der Waals surface area contributed by atoms with Gasteiger partial charge >= 0.3 is 0 Å². The van der Waals surface area contributed by atoms with Crippen molar-refractivity contribution < 1.29 is 10.2 Å². The predicted octanol–water partition coefficient (Wildman–Crippen LogP) is 0.729. The zero-order valence-electron chi connectivity index (χ0n) is 6.87. The normalized spacial score (nSPS) is 12.8. The van der Waals surface area contributed by atoms with E-state index in [0.717, 1.165) is 0 Å². The molecule has 0 heterocycles. The Bertz CT molecular complexity index is 317. The van der Waals surface area contributed by atoms with Gasteiger partial charge in [-0.15, -0.1) is 0 Å². The van der Waals surface area contributed by atoms with E-state index >= 15 is 0 Å². The van der Waals surface area contributed by atoms with Crippen LogP contribution in [0.3, 0.4) is 0 Å². The molecule has 4 nitrogen and oxygen atoms in total. The van der Waals surface area contributed by atoms with Gasteiger partial charge in [0.15, 0.2) is 0 Å². The van der Waals surface area contributed by atoms with Crippen molar-refractivity contribution in [3.63, 3.8) is 0 Å². The highest BCUT2D eigenvalue weighted by molar-refractivity contribution is 9.10. The van der Waals surface area contributed by atoms with E-state index in [1.807, 2.05) is 0 Å². The molecule has 1 aromatic rings. The van der Waals surface area contributed by atoms with Gasteiger partial charge in [-0.2, -0.15) is 0 Å². The van der Waals surface area contributed by atoms with Gasteiger partial charge in [-0.25, -0.2) is 0 Å². The lowest BCUT2D eigenvalue weighted by molar-refractivity contribution is 0.265. The van der Waals surface area contributed by atoms with Crippen molar-refractivity contribution in [1.29, 1.82) is 0 Å². The molecule has 0 aromatic heterocycles. The summed E-state index contributed by atoms with van der Waals surface area (Å²) >= 11 is 3.22. The zero-order chi connectivity index (χ0) is 10.0. The van der Waals surface area contributed by atoms with Crippen LogP contribution in [0.25, 0.3) is 0 Å². The maximum absolute atomic E-state index is 9.53.